The predicted octanol–water partition coefficient (Wildman–Crippen LogP) is 4.12. The van der Waals surface area contributed by atoms with Crippen LogP contribution in [0.15, 0.2) is 30.3 Å². The summed E-state index contributed by atoms with van der Waals surface area (Å²) in [4.78, 5) is 15.7. The third kappa shape index (κ3) is 4.46. The average Bonchev–Trinajstić information content (AvgIpc) is 2.79. The summed E-state index contributed by atoms with van der Waals surface area (Å²) in [5.74, 6) is 0.988. The Morgan fingerprint density at radius 2 is 1.71 bits per heavy atom. The van der Waals surface area contributed by atoms with Crippen molar-refractivity contribution in [2.45, 2.75) is 37.6 Å². The third-order valence-corrected chi connectivity index (χ3v) is 6.74. The molecular formula is C24H30ClN3O3. The van der Waals surface area contributed by atoms with Crippen molar-refractivity contribution < 1.29 is 14.3 Å². The van der Waals surface area contributed by atoms with Crippen molar-refractivity contribution in [1.29, 1.82) is 0 Å². The third-order valence-electron chi connectivity index (χ3n) is 6.39. The van der Waals surface area contributed by atoms with E-state index in [1.54, 1.807) is 26.4 Å². The number of anilines is 1. The molecule has 0 spiro atoms. The molecule has 2 aromatic carbocycles. The molecule has 0 bridgehead atoms. The molecule has 0 aromatic heterocycles. The average molecular weight is 444 g/mol. The van der Waals surface area contributed by atoms with Crippen molar-refractivity contribution in [3.8, 4) is 11.5 Å². The van der Waals surface area contributed by atoms with Crippen LogP contribution in [0.25, 0.3) is 0 Å². The highest BCUT2D eigenvalue weighted by Crippen LogP contribution is 2.44. The fourth-order valence-electron chi connectivity index (χ4n) is 4.73. The Balaban J connectivity index is 1.74. The Morgan fingerprint density at radius 3 is 2.39 bits per heavy atom. The lowest BCUT2D eigenvalue weighted by atomic mass is 9.81. The normalized spacial score (nSPS) is 21.3. The lowest BCUT2D eigenvalue weighted by molar-refractivity contribution is -0.124. The molecule has 2 atom stereocenters. The summed E-state index contributed by atoms with van der Waals surface area (Å²) in [5.41, 5.74) is 9.33. The molecule has 0 aliphatic carbocycles. The quantitative estimate of drug-likeness (QED) is 0.657. The number of carbonyl (C=O) groups is 1. The number of carbonyl (C=O) groups excluding carboxylic acids is 1. The van der Waals surface area contributed by atoms with Crippen molar-refractivity contribution in [3.63, 3.8) is 0 Å². The number of amides is 1. The highest BCUT2D eigenvalue weighted by atomic mass is 35.5. The van der Waals surface area contributed by atoms with E-state index in [9.17, 15) is 4.79 Å². The molecule has 31 heavy (non-hydrogen) atoms. The van der Waals surface area contributed by atoms with Crippen LogP contribution in [0.3, 0.4) is 0 Å². The zero-order valence-corrected chi connectivity index (χ0v) is 18.9. The molecule has 4 rings (SSSR count). The van der Waals surface area contributed by atoms with Gasteiger partial charge in [0.2, 0.25) is 5.91 Å². The van der Waals surface area contributed by atoms with Gasteiger partial charge in [0, 0.05) is 10.7 Å². The van der Waals surface area contributed by atoms with Gasteiger partial charge in [0.05, 0.1) is 26.2 Å². The highest BCUT2D eigenvalue weighted by molar-refractivity contribution is 6.31. The van der Waals surface area contributed by atoms with Crippen LogP contribution < -0.4 is 20.5 Å². The van der Waals surface area contributed by atoms with Crippen LogP contribution in [0.4, 0.5) is 5.69 Å². The Morgan fingerprint density at radius 1 is 1.03 bits per heavy atom. The van der Waals surface area contributed by atoms with Crippen molar-refractivity contribution >= 4 is 23.2 Å². The molecule has 1 fully saturated rings. The second kappa shape index (κ2) is 9.37. The maximum Gasteiger partial charge on any atom is 0.228 e. The molecule has 1 amide bonds. The molecule has 1 saturated heterocycles. The summed E-state index contributed by atoms with van der Waals surface area (Å²) < 4.78 is 11.1. The fraction of sp³-hybridized carbons (Fsp3) is 0.458. The molecule has 2 unspecified atom stereocenters. The molecule has 2 aliphatic rings. The molecule has 6 nitrogen and oxygen atoms in total. The van der Waals surface area contributed by atoms with Gasteiger partial charge in [0.25, 0.3) is 0 Å². The Bertz CT molecular complexity index is 959. The number of hydrogen-bond donors (Lipinski definition) is 2. The van der Waals surface area contributed by atoms with E-state index in [4.69, 9.17) is 26.8 Å². The second-order valence-electron chi connectivity index (χ2n) is 8.30. The lowest BCUT2D eigenvalue weighted by Gasteiger charge is -2.35. The summed E-state index contributed by atoms with van der Waals surface area (Å²) in [6.45, 7) is 3.11. The van der Waals surface area contributed by atoms with Gasteiger partial charge in [-0.05, 0) is 85.9 Å². The summed E-state index contributed by atoms with van der Waals surface area (Å²) in [5, 5.41) is 3.75. The highest BCUT2D eigenvalue weighted by Gasteiger charge is 2.36. The molecule has 2 heterocycles. The van der Waals surface area contributed by atoms with Crippen molar-refractivity contribution in [2.24, 2.45) is 0 Å². The summed E-state index contributed by atoms with van der Waals surface area (Å²) >= 11 is 6.51. The minimum atomic E-state index is -0.399. The van der Waals surface area contributed by atoms with Gasteiger partial charge >= 0.3 is 0 Å². The van der Waals surface area contributed by atoms with Gasteiger partial charge in [0.15, 0.2) is 11.5 Å². The van der Waals surface area contributed by atoms with Gasteiger partial charge in [-0.3, -0.25) is 4.79 Å². The zero-order chi connectivity index (χ0) is 22.0. The van der Waals surface area contributed by atoms with Crippen LogP contribution in [0, 0.1) is 0 Å². The Hall–Kier alpha value is -2.44. The number of nitrogens with one attached hydrogen (secondary N) is 1. The first kappa shape index (κ1) is 21.8. The first-order chi connectivity index (χ1) is 15.0. The number of fused-ring (bicyclic) bond motifs is 1. The van der Waals surface area contributed by atoms with Crippen LogP contribution in [0.1, 0.15) is 54.3 Å². The molecule has 2 aliphatic heterocycles. The largest absolute Gasteiger partial charge is 0.493 e. The van der Waals surface area contributed by atoms with E-state index in [0.29, 0.717) is 22.2 Å². The van der Waals surface area contributed by atoms with Gasteiger partial charge in [-0.2, -0.15) is 0 Å². The van der Waals surface area contributed by atoms with Gasteiger partial charge < -0.3 is 25.4 Å². The molecule has 0 radical (unpaired) electrons. The number of hydrogen-bond acceptors (Lipinski definition) is 5. The molecule has 2 aromatic rings. The van der Waals surface area contributed by atoms with Crippen LogP contribution >= 0.6 is 11.6 Å². The number of nitrogens with zero attached hydrogens (tertiary/aromatic N) is 1. The number of ether oxygens (including phenoxy) is 2. The summed E-state index contributed by atoms with van der Waals surface area (Å²) in [6, 6.07) is 8.84. The van der Waals surface area contributed by atoms with E-state index in [1.807, 2.05) is 18.2 Å². The monoisotopic (exact) mass is 443 g/mol. The minimum absolute atomic E-state index is 0.000204. The number of halogens is 1. The SMILES string of the molecule is COc1cc2c(cc1OC)C(c1cc(N)ccc1Cl)NC(=O)C2CCN1CCCCC1. The van der Waals surface area contributed by atoms with E-state index < -0.39 is 6.04 Å². The van der Waals surface area contributed by atoms with Crippen LogP contribution in [0.5, 0.6) is 11.5 Å². The number of methoxy groups -OCH3 is 2. The van der Waals surface area contributed by atoms with Crippen molar-refractivity contribution in [1.82, 2.24) is 10.2 Å². The molecular weight excluding hydrogens is 414 g/mol. The zero-order valence-electron chi connectivity index (χ0n) is 18.1. The van der Waals surface area contributed by atoms with Crippen LogP contribution in [-0.4, -0.2) is 44.7 Å². The summed E-state index contributed by atoms with van der Waals surface area (Å²) in [6.07, 6.45) is 4.51. The predicted molar refractivity (Wildman–Crippen MR) is 123 cm³/mol. The molecule has 3 N–H and O–H groups in total. The molecule has 7 heteroatoms. The topological polar surface area (TPSA) is 76.8 Å². The lowest BCUT2D eigenvalue weighted by Crippen LogP contribution is -2.41. The number of benzene rings is 2. The Kier molecular flexibility index (Phi) is 6.58. The Labute approximate surface area is 188 Å². The number of nitrogens with two attached hydrogens (primary N) is 1. The van der Waals surface area contributed by atoms with Crippen molar-refractivity contribution in [3.05, 3.63) is 52.0 Å². The van der Waals surface area contributed by atoms with Gasteiger partial charge in [-0.1, -0.05) is 18.0 Å². The van der Waals surface area contributed by atoms with Crippen LogP contribution in [0.2, 0.25) is 5.02 Å². The van der Waals surface area contributed by atoms with Crippen molar-refractivity contribution in [2.75, 3.05) is 39.6 Å². The standard InChI is InChI=1S/C24H30ClN3O3/c1-30-21-13-17-16(8-11-28-9-4-3-5-10-28)24(29)27-23(18(17)14-22(21)31-2)19-12-15(26)6-7-20(19)25/h6-7,12-14,16,23H,3-5,8-11,26H2,1-2H3,(H,27,29). The van der Waals surface area contributed by atoms with E-state index in [1.165, 1.54) is 19.3 Å². The first-order valence-electron chi connectivity index (χ1n) is 10.8. The van der Waals surface area contributed by atoms with E-state index >= 15 is 0 Å². The minimum Gasteiger partial charge on any atom is -0.493 e. The first-order valence-corrected chi connectivity index (χ1v) is 11.2. The second-order valence-corrected chi connectivity index (χ2v) is 8.71. The van der Waals surface area contributed by atoms with E-state index in [2.05, 4.69) is 10.2 Å². The van der Waals surface area contributed by atoms with E-state index in [-0.39, 0.29) is 11.8 Å². The maximum atomic E-state index is 13.3. The van der Waals surface area contributed by atoms with Gasteiger partial charge in [0.1, 0.15) is 0 Å². The maximum absolute atomic E-state index is 13.3. The number of rotatable bonds is 6. The smallest absolute Gasteiger partial charge is 0.228 e. The number of likely N-dealkylation sites (tertiary alicyclic amines) is 1. The van der Waals surface area contributed by atoms with Gasteiger partial charge in [-0.25, -0.2) is 0 Å². The number of nitrogen functional groups attached to an aromatic ring is 1. The van der Waals surface area contributed by atoms with Gasteiger partial charge in [-0.15, -0.1) is 0 Å². The molecule has 0 saturated carbocycles. The molecule has 166 valence electrons. The fourth-order valence-corrected chi connectivity index (χ4v) is 4.96. The van der Waals surface area contributed by atoms with E-state index in [0.717, 1.165) is 42.7 Å². The number of piperidine rings is 1. The summed E-state index contributed by atoms with van der Waals surface area (Å²) in [7, 11) is 3.23. The van der Waals surface area contributed by atoms with Crippen LogP contribution in [-0.2, 0) is 4.79 Å².